The second-order valence-electron chi connectivity index (χ2n) is 8.11. The first-order chi connectivity index (χ1) is 17.1. The van der Waals surface area contributed by atoms with Crippen LogP contribution in [0.25, 0.3) is 11.0 Å². The summed E-state index contributed by atoms with van der Waals surface area (Å²) < 4.78 is 31.7. The van der Waals surface area contributed by atoms with Gasteiger partial charge in [-0.1, -0.05) is 42.3 Å². The first-order valence-electron chi connectivity index (χ1n) is 11.3. The maximum absolute atomic E-state index is 10.6. The summed E-state index contributed by atoms with van der Waals surface area (Å²) in [6.07, 6.45) is -4.04. The number of anilines is 2. The van der Waals surface area contributed by atoms with E-state index in [1.807, 2.05) is 42.5 Å². The minimum absolute atomic E-state index is 0.723. The Morgan fingerprint density at radius 2 is 1.67 bits per heavy atom. The van der Waals surface area contributed by atoms with E-state index >= 15 is 0 Å². The summed E-state index contributed by atoms with van der Waals surface area (Å²) in [6, 6.07) is 13.7. The van der Waals surface area contributed by atoms with Gasteiger partial charge in [0.2, 0.25) is 0 Å². The van der Waals surface area contributed by atoms with Gasteiger partial charge in [0.05, 0.1) is 11.0 Å². The molecule has 4 rings (SSSR count). The van der Waals surface area contributed by atoms with Crippen LogP contribution in [-0.4, -0.2) is 64.8 Å². The Balaban J connectivity index is 0.000000454. The van der Waals surface area contributed by atoms with Crippen molar-refractivity contribution in [3.8, 4) is 0 Å². The summed E-state index contributed by atoms with van der Waals surface area (Å²) in [7, 11) is 0. The molecule has 0 atom stereocenters. The van der Waals surface area contributed by atoms with E-state index < -0.39 is 12.1 Å². The highest BCUT2D eigenvalue weighted by atomic mass is 35.5. The van der Waals surface area contributed by atoms with Crippen LogP contribution in [0.1, 0.15) is 18.9 Å². The van der Waals surface area contributed by atoms with Crippen molar-refractivity contribution in [1.29, 1.82) is 0 Å². The predicted octanol–water partition coefficient (Wildman–Crippen LogP) is 5.71. The number of rotatable bonds is 6. The van der Waals surface area contributed by atoms with Gasteiger partial charge in [-0.2, -0.15) is 13.2 Å². The molecule has 1 aliphatic rings. The second-order valence-corrected chi connectivity index (χ2v) is 8.96. The molecule has 1 fully saturated rings. The third kappa shape index (κ3) is 7.59. The molecule has 0 saturated carbocycles. The number of nitrogens with zero attached hydrogens (tertiary/aromatic N) is 4. The van der Waals surface area contributed by atoms with Gasteiger partial charge in [-0.15, -0.1) is 0 Å². The number of para-hydroxylation sites is 2. The first-order valence-corrected chi connectivity index (χ1v) is 12.1. The molecular weight excluding hydrogens is 518 g/mol. The van der Waals surface area contributed by atoms with Gasteiger partial charge in [-0.3, -0.25) is 4.90 Å². The van der Waals surface area contributed by atoms with Crippen LogP contribution in [0.15, 0.2) is 42.5 Å². The Hall–Kier alpha value is -2.82. The van der Waals surface area contributed by atoms with E-state index in [9.17, 15) is 13.2 Å². The topological polar surface area (TPSA) is 81.6 Å². The molecule has 0 unspecified atom stereocenters. The smallest absolute Gasteiger partial charge is 0.475 e. The molecule has 7 nitrogen and oxygen atoms in total. The molecule has 0 amide bonds. The maximum atomic E-state index is 10.6. The van der Waals surface area contributed by atoms with Gasteiger partial charge in [-0.25, -0.2) is 14.8 Å². The van der Waals surface area contributed by atoms with E-state index in [1.54, 1.807) is 0 Å². The summed E-state index contributed by atoms with van der Waals surface area (Å²) in [4.78, 5) is 23.4. The van der Waals surface area contributed by atoms with Gasteiger partial charge < -0.3 is 15.3 Å². The van der Waals surface area contributed by atoms with Crippen molar-refractivity contribution in [2.45, 2.75) is 26.1 Å². The Labute approximate surface area is 216 Å². The molecule has 0 aliphatic carbocycles. The van der Waals surface area contributed by atoms with E-state index in [0.717, 1.165) is 84.0 Å². The maximum Gasteiger partial charge on any atom is 0.490 e. The number of piperazine rings is 1. The van der Waals surface area contributed by atoms with Crippen molar-refractivity contribution in [2.75, 3.05) is 42.9 Å². The van der Waals surface area contributed by atoms with Gasteiger partial charge in [0, 0.05) is 49.3 Å². The standard InChI is InChI=1S/C22H25Cl2N5.C2HF3O2/c1-2-9-25-21-22(27-20-6-4-3-5-19(20)26-21)29-12-10-28(11-13-29)15-16-14-17(23)7-8-18(16)24;3-2(4,5)1(6)7/h3-8,14H,2,9-13,15H2,1H3,(H,25,26);(H,6,7). The third-order valence-corrected chi connectivity index (χ3v) is 6.01. The molecule has 2 N–H and O–H groups in total. The fraction of sp³-hybridized carbons (Fsp3) is 0.375. The highest BCUT2D eigenvalue weighted by Crippen LogP contribution is 2.27. The number of aliphatic carboxylic acids is 1. The van der Waals surface area contributed by atoms with Crippen molar-refractivity contribution in [3.63, 3.8) is 0 Å². The minimum Gasteiger partial charge on any atom is -0.475 e. The van der Waals surface area contributed by atoms with Gasteiger partial charge >= 0.3 is 12.1 Å². The van der Waals surface area contributed by atoms with Crippen molar-refractivity contribution < 1.29 is 23.1 Å². The normalized spacial score (nSPS) is 14.3. The quantitative estimate of drug-likeness (QED) is 0.411. The summed E-state index contributed by atoms with van der Waals surface area (Å²) in [6.45, 7) is 7.50. The molecule has 1 aromatic heterocycles. The van der Waals surface area contributed by atoms with E-state index in [0.29, 0.717) is 0 Å². The number of carbonyl (C=O) groups is 1. The Morgan fingerprint density at radius 3 is 2.25 bits per heavy atom. The Kier molecular flexibility index (Phi) is 9.58. The number of carboxylic acid groups (broad SMARTS) is 1. The molecule has 2 heterocycles. The largest absolute Gasteiger partial charge is 0.490 e. The zero-order valence-corrected chi connectivity index (χ0v) is 21.0. The molecular formula is C24H26Cl2F3N5O2. The van der Waals surface area contributed by atoms with Crippen molar-refractivity contribution in [1.82, 2.24) is 14.9 Å². The summed E-state index contributed by atoms with van der Waals surface area (Å²) in [5, 5.41) is 12.1. The molecule has 2 aromatic carbocycles. The molecule has 0 radical (unpaired) electrons. The van der Waals surface area contributed by atoms with Crippen LogP contribution in [0.2, 0.25) is 10.0 Å². The number of fused-ring (bicyclic) bond motifs is 1. The molecule has 194 valence electrons. The average Bonchev–Trinajstić information content (AvgIpc) is 2.84. The van der Waals surface area contributed by atoms with Crippen LogP contribution in [0.4, 0.5) is 24.8 Å². The second kappa shape index (κ2) is 12.4. The van der Waals surface area contributed by atoms with Crippen LogP contribution >= 0.6 is 23.2 Å². The van der Waals surface area contributed by atoms with Crippen LogP contribution in [0, 0.1) is 0 Å². The molecule has 36 heavy (non-hydrogen) atoms. The lowest BCUT2D eigenvalue weighted by Gasteiger charge is -2.36. The van der Waals surface area contributed by atoms with Crippen LogP contribution < -0.4 is 10.2 Å². The lowest BCUT2D eigenvalue weighted by molar-refractivity contribution is -0.192. The molecule has 0 spiro atoms. The number of nitrogens with one attached hydrogen (secondary N) is 1. The average molecular weight is 544 g/mol. The van der Waals surface area contributed by atoms with Crippen LogP contribution in [-0.2, 0) is 11.3 Å². The predicted molar refractivity (Wildman–Crippen MR) is 136 cm³/mol. The number of aromatic nitrogens is 2. The highest BCUT2D eigenvalue weighted by Gasteiger charge is 2.38. The summed E-state index contributed by atoms with van der Waals surface area (Å²) in [5.74, 6) is -0.943. The molecule has 1 saturated heterocycles. The lowest BCUT2D eigenvalue weighted by Crippen LogP contribution is -2.46. The SMILES string of the molecule is CCCNc1nc2ccccc2nc1N1CCN(Cc2cc(Cl)ccc2Cl)CC1.O=C(O)C(F)(F)F. The van der Waals surface area contributed by atoms with Gasteiger partial charge in [0.25, 0.3) is 0 Å². The number of carboxylic acids is 1. The van der Waals surface area contributed by atoms with Crippen molar-refractivity contribution >= 4 is 51.8 Å². The van der Waals surface area contributed by atoms with E-state index in [-0.39, 0.29) is 0 Å². The Morgan fingerprint density at radius 1 is 1.06 bits per heavy atom. The van der Waals surface area contributed by atoms with Crippen LogP contribution in [0.3, 0.4) is 0 Å². The molecule has 12 heteroatoms. The lowest BCUT2D eigenvalue weighted by atomic mass is 10.2. The van der Waals surface area contributed by atoms with E-state index in [4.69, 9.17) is 43.1 Å². The number of halogens is 5. The number of alkyl halides is 3. The van der Waals surface area contributed by atoms with Crippen LogP contribution in [0.5, 0.6) is 0 Å². The van der Waals surface area contributed by atoms with Crippen molar-refractivity contribution in [3.05, 3.63) is 58.1 Å². The number of benzene rings is 2. The number of hydrogen-bond donors (Lipinski definition) is 2. The zero-order valence-electron chi connectivity index (χ0n) is 19.5. The Bertz CT molecular complexity index is 1190. The van der Waals surface area contributed by atoms with Crippen molar-refractivity contribution in [2.24, 2.45) is 0 Å². The molecule has 1 aliphatic heterocycles. The molecule has 3 aromatic rings. The van der Waals surface area contributed by atoms with E-state index in [1.165, 1.54) is 0 Å². The summed E-state index contributed by atoms with van der Waals surface area (Å²) in [5.41, 5.74) is 2.92. The zero-order chi connectivity index (χ0) is 26.3. The highest BCUT2D eigenvalue weighted by molar-refractivity contribution is 6.33. The molecule has 0 bridgehead atoms. The van der Waals surface area contributed by atoms with Gasteiger partial charge in [-0.05, 0) is 42.3 Å². The first kappa shape index (κ1) is 27.8. The van der Waals surface area contributed by atoms with Gasteiger partial charge in [0.1, 0.15) is 0 Å². The number of hydrogen-bond acceptors (Lipinski definition) is 6. The monoisotopic (exact) mass is 543 g/mol. The fourth-order valence-corrected chi connectivity index (χ4v) is 3.97. The minimum atomic E-state index is -5.08. The van der Waals surface area contributed by atoms with Gasteiger partial charge in [0.15, 0.2) is 11.6 Å². The van der Waals surface area contributed by atoms with E-state index in [2.05, 4.69) is 22.0 Å². The third-order valence-electron chi connectivity index (χ3n) is 5.41. The fourth-order valence-electron chi connectivity index (χ4n) is 3.60. The summed E-state index contributed by atoms with van der Waals surface area (Å²) >= 11 is 12.5.